The number of fused-ring (bicyclic) bond motifs is 1. The van der Waals surface area contributed by atoms with Crippen molar-refractivity contribution >= 4 is 27.3 Å². The van der Waals surface area contributed by atoms with E-state index in [1.165, 1.54) is 0 Å². The molecule has 2 aliphatic rings. The zero-order valence-corrected chi connectivity index (χ0v) is 16.5. The smallest absolute Gasteiger partial charge is 0.240 e. The van der Waals surface area contributed by atoms with Gasteiger partial charge in [-0.25, -0.2) is 13.1 Å². The Morgan fingerprint density at radius 2 is 2.00 bits per heavy atom. The van der Waals surface area contributed by atoms with Crippen LogP contribution in [-0.2, 0) is 21.2 Å². The summed E-state index contributed by atoms with van der Waals surface area (Å²) in [6.07, 6.45) is 1.67. The summed E-state index contributed by atoms with van der Waals surface area (Å²) in [6, 6.07) is 14.2. The molecule has 5 nitrogen and oxygen atoms in total. The van der Waals surface area contributed by atoms with Gasteiger partial charge in [-0.1, -0.05) is 29.8 Å². The molecule has 4 rings (SSSR count). The third-order valence-electron chi connectivity index (χ3n) is 5.17. The van der Waals surface area contributed by atoms with Crippen LogP contribution in [0.5, 0.6) is 0 Å². The fraction of sp³-hybridized carbons (Fsp3) is 0.400. The van der Waals surface area contributed by atoms with E-state index in [1.54, 1.807) is 24.3 Å². The molecular weight excluding hydrogens is 384 g/mol. The molecular formula is C20H23ClN2O3S. The van der Waals surface area contributed by atoms with Crippen LogP contribution in [0.4, 0.5) is 5.69 Å². The zero-order valence-electron chi connectivity index (χ0n) is 15.0. The minimum Gasteiger partial charge on any atom is -0.381 e. The Morgan fingerprint density at radius 1 is 1.19 bits per heavy atom. The molecule has 0 amide bonds. The van der Waals surface area contributed by atoms with E-state index in [0.29, 0.717) is 23.9 Å². The number of hydrogen-bond acceptors (Lipinski definition) is 4. The van der Waals surface area contributed by atoms with Gasteiger partial charge in [0, 0.05) is 42.4 Å². The number of rotatable bonds is 5. The summed E-state index contributed by atoms with van der Waals surface area (Å²) < 4.78 is 33.9. The molecule has 2 heterocycles. The van der Waals surface area contributed by atoms with Gasteiger partial charge in [0.25, 0.3) is 0 Å². The second kappa shape index (κ2) is 7.80. The maximum absolute atomic E-state index is 12.8. The van der Waals surface area contributed by atoms with Crippen molar-refractivity contribution in [3.63, 3.8) is 0 Å². The lowest BCUT2D eigenvalue weighted by molar-refractivity contribution is 0.186. The Labute approximate surface area is 165 Å². The number of nitrogens with one attached hydrogen (secondary N) is 1. The van der Waals surface area contributed by atoms with E-state index in [4.69, 9.17) is 16.3 Å². The molecule has 0 radical (unpaired) electrons. The maximum atomic E-state index is 12.8. The highest BCUT2D eigenvalue weighted by Crippen LogP contribution is 2.31. The average molecular weight is 407 g/mol. The summed E-state index contributed by atoms with van der Waals surface area (Å²) in [5.41, 5.74) is 2.22. The Morgan fingerprint density at radius 3 is 2.74 bits per heavy atom. The average Bonchev–Trinajstić information content (AvgIpc) is 3.15. The molecule has 0 bridgehead atoms. The van der Waals surface area contributed by atoms with E-state index in [-0.39, 0.29) is 10.9 Å². The van der Waals surface area contributed by atoms with Crippen molar-refractivity contribution in [2.75, 3.05) is 31.2 Å². The predicted molar refractivity (Wildman–Crippen MR) is 107 cm³/mol. The van der Waals surface area contributed by atoms with Gasteiger partial charge >= 0.3 is 0 Å². The van der Waals surface area contributed by atoms with Crippen LogP contribution in [0, 0.1) is 5.92 Å². The fourth-order valence-electron chi connectivity index (χ4n) is 3.90. The lowest BCUT2D eigenvalue weighted by Gasteiger charge is -2.37. The largest absolute Gasteiger partial charge is 0.381 e. The number of halogens is 1. The highest BCUT2D eigenvalue weighted by atomic mass is 35.5. The van der Waals surface area contributed by atoms with Crippen molar-refractivity contribution < 1.29 is 13.2 Å². The van der Waals surface area contributed by atoms with E-state index in [2.05, 4.69) is 9.62 Å². The van der Waals surface area contributed by atoms with Crippen LogP contribution >= 0.6 is 11.6 Å². The highest BCUT2D eigenvalue weighted by Gasteiger charge is 2.30. The van der Waals surface area contributed by atoms with Crippen LogP contribution in [0.1, 0.15) is 12.0 Å². The molecule has 2 aromatic carbocycles. The van der Waals surface area contributed by atoms with Crippen molar-refractivity contribution in [1.29, 1.82) is 0 Å². The molecule has 0 saturated carbocycles. The van der Waals surface area contributed by atoms with Gasteiger partial charge in [0.2, 0.25) is 10.0 Å². The van der Waals surface area contributed by atoms with Crippen molar-refractivity contribution in [3.8, 4) is 0 Å². The molecule has 1 saturated heterocycles. The second-order valence-corrected chi connectivity index (χ2v) is 9.39. The van der Waals surface area contributed by atoms with Crippen molar-refractivity contribution in [2.45, 2.75) is 23.8 Å². The van der Waals surface area contributed by atoms with Crippen LogP contribution in [0.3, 0.4) is 0 Å². The van der Waals surface area contributed by atoms with Crippen LogP contribution in [0.2, 0.25) is 5.02 Å². The van der Waals surface area contributed by atoms with Gasteiger partial charge in [0.1, 0.15) is 0 Å². The first-order valence-electron chi connectivity index (χ1n) is 9.20. The number of anilines is 1. The molecule has 0 spiro atoms. The predicted octanol–water partition coefficient (Wildman–Crippen LogP) is 3.09. The van der Waals surface area contributed by atoms with E-state index in [0.717, 1.165) is 37.4 Å². The van der Waals surface area contributed by atoms with Crippen LogP contribution < -0.4 is 9.62 Å². The van der Waals surface area contributed by atoms with Gasteiger partial charge < -0.3 is 9.64 Å². The summed E-state index contributed by atoms with van der Waals surface area (Å²) in [6.45, 7) is 3.06. The standard InChI is InChI=1S/C20H23ClN2O3S/c21-17-6-7-20-16(10-17)11-18(13-23(20)12-15-8-9-26-14-15)22-27(24,25)19-4-2-1-3-5-19/h1-7,10,15,18,22H,8-9,11-14H2. The highest BCUT2D eigenvalue weighted by molar-refractivity contribution is 7.89. The molecule has 1 fully saturated rings. The minimum atomic E-state index is -3.56. The number of sulfonamides is 1. The summed E-state index contributed by atoms with van der Waals surface area (Å²) >= 11 is 6.19. The first kappa shape index (κ1) is 18.7. The van der Waals surface area contributed by atoms with Crippen molar-refractivity contribution in [2.24, 2.45) is 5.92 Å². The molecule has 2 aliphatic heterocycles. The second-order valence-electron chi connectivity index (χ2n) is 7.24. The quantitative estimate of drug-likeness (QED) is 0.828. The maximum Gasteiger partial charge on any atom is 0.240 e. The number of ether oxygens (including phenoxy) is 1. The molecule has 7 heteroatoms. The summed E-state index contributed by atoms with van der Waals surface area (Å²) in [5, 5.41) is 0.671. The molecule has 2 unspecified atom stereocenters. The molecule has 2 atom stereocenters. The Kier molecular flexibility index (Phi) is 5.41. The summed E-state index contributed by atoms with van der Waals surface area (Å²) in [7, 11) is -3.56. The number of benzene rings is 2. The Hall–Kier alpha value is -1.60. The van der Waals surface area contributed by atoms with Gasteiger partial charge in [-0.2, -0.15) is 0 Å². The van der Waals surface area contributed by atoms with Crippen molar-refractivity contribution in [3.05, 3.63) is 59.1 Å². The lowest BCUT2D eigenvalue weighted by Crippen LogP contribution is -2.49. The number of nitrogens with zero attached hydrogens (tertiary/aromatic N) is 1. The molecule has 27 heavy (non-hydrogen) atoms. The first-order valence-corrected chi connectivity index (χ1v) is 11.1. The van der Waals surface area contributed by atoms with Gasteiger partial charge in [-0.15, -0.1) is 0 Å². The first-order chi connectivity index (χ1) is 13.0. The summed E-state index contributed by atoms with van der Waals surface area (Å²) in [5.74, 6) is 0.470. The minimum absolute atomic E-state index is 0.205. The normalized spacial score (nSPS) is 22.6. The summed E-state index contributed by atoms with van der Waals surface area (Å²) in [4.78, 5) is 2.56. The molecule has 2 aromatic rings. The van der Waals surface area contributed by atoms with E-state index in [1.807, 2.05) is 24.3 Å². The lowest BCUT2D eigenvalue weighted by atomic mass is 9.97. The third-order valence-corrected chi connectivity index (χ3v) is 6.94. The van der Waals surface area contributed by atoms with Crippen LogP contribution in [-0.4, -0.2) is 40.8 Å². The Bertz CT molecular complexity index is 899. The molecule has 1 N–H and O–H groups in total. The van der Waals surface area contributed by atoms with Crippen molar-refractivity contribution in [1.82, 2.24) is 4.72 Å². The van der Waals surface area contributed by atoms with Gasteiger partial charge in [-0.3, -0.25) is 0 Å². The van der Waals surface area contributed by atoms with Gasteiger partial charge in [0.05, 0.1) is 11.5 Å². The number of hydrogen-bond donors (Lipinski definition) is 1. The topological polar surface area (TPSA) is 58.6 Å². The SMILES string of the molecule is O=S(=O)(NC1Cc2cc(Cl)ccc2N(CC2CCOC2)C1)c1ccccc1. The Balaban J connectivity index is 1.57. The van der Waals surface area contributed by atoms with Gasteiger partial charge in [-0.05, 0) is 48.7 Å². The van der Waals surface area contributed by atoms with Gasteiger partial charge in [0.15, 0.2) is 0 Å². The van der Waals surface area contributed by atoms with E-state index in [9.17, 15) is 8.42 Å². The molecule has 0 aromatic heterocycles. The monoisotopic (exact) mass is 406 g/mol. The molecule has 144 valence electrons. The fourth-order valence-corrected chi connectivity index (χ4v) is 5.34. The van der Waals surface area contributed by atoms with E-state index < -0.39 is 10.0 Å². The molecule has 0 aliphatic carbocycles. The zero-order chi connectivity index (χ0) is 18.9. The third kappa shape index (κ3) is 4.29. The van der Waals surface area contributed by atoms with Crippen LogP contribution in [0.15, 0.2) is 53.4 Å². The van der Waals surface area contributed by atoms with Crippen LogP contribution in [0.25, 0.3) is 0 Å². The van der Waals surface area contributed by atoms with E-state index >= 15 is 0 Å².